The van der Waals surface area contributed by atoms with E-state index in [2.05, 4.69) is 15.0 Å². The minimum Gasteiger partial charge on any atom is -0.388 e. The van der Waals surface area contributed by atoms with Gasteiger partial charge in [0, 0.05) is 18.8 Å². The molecule has 0 saturated carbocycles. The van der Waals surface area contributed by atoms with E-state index in [1.807, 2.05) is 12.1 Å². The number of hydrogen-bond acceptors (Lipinski definition) is 9. The predicted octanol–water partition coefficient (Wildman–Crippen LogP) is 1.54. The Kier molecular flexibility index (Phi) is 6.14. The van der Waals surface area contributed by atoms with E-state index in [4.69, 9.17) is 4.74 Å². The molecule has 0 unspecified atom stereocenters. The molecule has 4 heterocycles. The minimum absolute atomic E-state index is 0.313. The number of benzene rings is 1. The Balaban J connectivity index is 1.32. The van der Waals surface area contributed by atoms with E-state index in [-0.39, 0.29) is 0 Å². The zero-order chi connectivity index (χ0) is 23.2. The number of aliphatic hydroxyl groups is 2. The molecule has 2 N–H and O–H groups in total. The van der Waals surface area contributed by atoms with Crippen LogP contribution in [0, 0.1) is 0 Å². The highest BCUT2D eigenvalue weighted by Gasteiger charge is 2.42. The number of hydrogen-bond donors (Lipinski definition) is 2. The van der Waals surface area contributed by atoms with Crippen molar-refractivity contribution in [2.24, 2.45) is 0 Å². The fourth-order valence-electron chi connectivity index (χ4n) is 4.17. The molecule has 0 spiro atoms. The van der Waals surface area contributed by atoms with Crippen molar-refractivity contribution >= 4 is 32.9 Å². The molecule has 12 heteroatoms. The number of rotatable bonds is 6. The number of aliphatic hydroxyl groups excluding tert-OH is 2. The Hall–Kier alpha value is -2.09. The number of nitrogens with zero attached hydrogens (tertiary/aromatic N) is 5. The van der Waals surface area contributed by atoms with Crippen molar-refractivity contribution < 1.29 is 23.4 Å². The van der Waals surface area contributed by atoms with Crippen molar-refractivity contribution in [2.75, 3.05) is 13.1 Å². The predicted molar refractivity (Wildman–Crippen MR) is 121 cm³/mol. The highest BCUT2D eigenvalue weighted by atomic mass is 32.2. The van der Waals surface area contributed by atoms with Gasteiger partial charge in [-0.1, -0.05) is 23.9 Å². The average Bonchev–Trinajstić information content (AvgIpc) is 3.55. The van der Waals surface area contributed by atoms with Crippen molar-refractivity contribution in [3.05, 3.63) is 42.5 Å². The van der Waals surface area contributed by atoms with E-state index in [0.717, 1.165) is 18.4 Å². The molecule has 4 atom stereocenters. The van der Waals surface area contributed by atoms with Gasteiger partial charge in [-0.15, -0.1) is 0 Å². The van der Waals surface area contributed by atoms with E-state index >= 15 is 0 Å². The van der Waals surface area contributed by atoms with Crippen LogP contribution >= 0.6 is 11.8 Å². The van der Waals surface area contributed by atoms with Crippen LogP contribution in [0.5, 0.6) is 0 Å². The van der Waals surface area contributed by atoms with Crippen molar-refractivity contribution in [2.45, 2.75) is 60.0 Å². The fraction of sp³-hybridized carbons (Fsp3) is 0.476. The summed E-state index contributed by atoms with van der Waals surface area (Å²) in [4.78, 5) is 13.4. The number of ether oxygens (including phenoxy) is 1. The summed E-state index contributed by atoms with van der Waals surface area (Å²) in [6, 6.07) is 6.94. The lowest BCUT2D eigenvalue weighted by Crippen LogP contribution is -2.30. The van der Waals surface area contributed by atoms with E-state index in [1.54, 1.807) is 23.6 Å². The van der Waals surface area contributed by atoms with E-state index in [0.29, 0.717) is 39.9 Å². The van der Waals surface area contributed by atoms with Crippen molar-refractivity contribution in [1.82, 2.24) is 23.8 Å². The monoisotopic (exact) mass is 491 g/mol. The molecule has 5 rings (SSSR count). The topological polar surface area (TPSA) is 131 Å². The largest absolute Gasteiger partial charge is 0.388 e. The maximum absolute atomic E-state index is 12.7. The summed E-state index contributed by atoms with van der Waals surface area (Å²) in [7, 11) is -3.43. The van der Waals surface area contributed by atoms with Gasteiger partial charge in [0.2, 0.25) is 10.0 Å². The molecule has 0 bridgehead atoms. The minimum atomic E-state index is -3.43. The van der Waals surface area contributed by atoms with Gasteiger partial charge < -0.3 is 14.9 Å². The van der Waals surface area contributed by atoms with Crippen LogP contribution in [0.1, 0.15) is 31.6 Å². The number of imidazole rings is 1. The summed E-state index contributed by atoms with van der Waals surface area (Å²) < 4.78 is 34.2. The van der Waals surface area contributed by atoms with Gasteiger partial charge in [-0.2, -0.15) is 4.31 Å². The smallest absolute Gasteiger partial charge is 0.243 e. The zero-order valence-electron chi connectivity index (χ0n) is 18.0. The normalized spacial score (nSPS) is 26.4. The van der Waals surface area contributed by atoms with Crippen molar-refractivity contribution in [1.29, 1.82) is 0 Å². The van der Waals surface area contributed by atoms with Crippen molar-refractivity contribution in [3.8, 4) is 0 Å². The second-order valence-corrected chi connectivity index (χ2v) is 11.2. The molecule has 2 aliphatic rings. The standard InChI is InChI=1S/C21H25N5O5S2/c1-13-17(27)18(28)21(31-13)26-12-24-16-19(26)22-11-23-20(16)32-10-14-4-6-15(7-5-14)33(29,30)25-8-2-3-9-25/h4-7,11-13,17-18,21,27-28H,2-3,8-10H2,1H3/t13-,17-,18-,21-/m1/s1. The van der Waals surface area contributed by atoms with Gasteiger partial charge in [0.05, 0.1) is 17.3 Å². The van der Waals surface area contributed by atoms with Crippen LogP contribution in [-0.2, 0) is 20.5 Å². The number of thioether (sulfide) groups is 1. The summed E-state index contributed by atoms with van der Waals surface area (Å²) >= 11 is 1.46. The molecule has 33 heavy (non-hydrogen) atoms. The van der Waals surface area contributed by atoms with Crippen LogP contribution in [0.2, 0.25) is 0 Å². The second kappa shape index (κ2) is 8.93. The second-order valence-electron chi connectivity index (χ2n) is 8.26. The molecule has 2 aliphatic heterocycles. The molecule has 2 aromatic heterocycles. The van der Waals surface area contributed by atoms with Crippen LogP contribution in [0.3, 0.4) is 0 Å². The molecule has 10 nitrogen and oxygen atoms in total. The third-order valence-electron chi connectivity index (χ3n) is 6.08. The summed E-state index contributed by atoms with van der Waals surface area (Å²) in [5.41, 5.74) is 2.03. The lowest BCUT2D eigenvalue weighted by Gasteiger charge is -2.16. The van der Waals surface area contributed by atoms with Gasteiger partial charge in [0.15, 0.2) is 11.9 Å². The van der Waals surface area contributed by atoms with Gasteiger partial charge in [-0.3, -0.25) is 4.57 Å². The molecule has 0 amide bonds. The van der Waals surface area contributed by atoms with Gasteiger partial charge in [-0.25, -0.2) is 23.4 Å². The Morgan fingerprint density at radius 1 is 1.09 bits per heavy atom. The highest BCUT2D eigenvalue weighted by molar-refractivity contribution is 7.98. The van der Waals surface area contributed by atoms with Gasteiger partial charge >= 0.3 is 0 Å². The third-order valence-corrected chi connectivity index (χ3v) is 9.04. The van der Waals surface area contributed by atoms with Crippen LogP contribution in [0.15, 0.2) is 46.8 Å². The first-order valence-electron chi connectivity index (χ1n) is 10.8. The first-order valence-corrected chi connectivity index (χ1v) is 13.2. The molecular formula is C21H25N5O5S2. The SMILES string of the molecule is C[C@H]1O[C@@H](n2cnc3c(SCc4ccc(S(=O)(=O)N5CCCC5)cc4)ncnc32)[C@H](O)[C@@H]1O. The Labute approximate surface area is 195 Å². The van der Waals surface area contributed by atoms with Gasteiger partial charge in [0.1, 0.15) is 29.1 Å². The summed E-state index contributed by atoms with van der Waals surface area (Å²) in [5.74, 6) is 0.571. The summed E-state index contributed by atoms with van der Waals surface area (Å²) in [6.07, 6.45) is 1.41. The molecule has 3 aromatic rings. The third kappa shape index (κ3) is 4.15. The van der Waals surface area contributed by atoms with Crippen LogP contribution in [-0.4, -0.2) is 73.9 Å². The van der Waals surface area contributed by atoms with Crippen LogP contribution in [0.4, 0.5) is 0 Å². The number of aromatic nitrogens is 4. The molecular weight excluding hydrogens is 466 g/mol. The van der Waals surface area contributed by atoms with Crippen molar-refractivity contribution in [3.63, 3.8) is 0 Å². The fourth-order valence-corrected chi connectivity index (χ4v) is 6.58. The zero-order valence-corrected chi connectivity index (χ0v) is 19.6. The molecule has 2 saturated heterocycles. The van der Waals surface area contributed by atoms with Gasteiger partial charge in [0.25, 0.3) is 0 Å². The molecule has 0 aliphatic carbocycles. The highest BCUT2D eigenvalue weighted by Crippen LogP contribution is 2.33. The Morgan fingerprint density at radius 3 is 2.48 bits per heavy atom. The number of sulfonamides is 1. The first-order chi connectivity index (χ1) is 15.9. The molecule has 1 aromatic carbocycles. The summed E-state index contributed by atoms with van der Waals surface area (Å²) in [6.45, 7) is 2.86. The lowest BCUT2D eigenvalue weighted by molar-refractivity contribution is -0.0299. The maximum atomic E-state index is 12.7. The number of fused-ring (bicyclic) bond motifs is 1. The van der Waals surface area contributed by atoms with Crippen LogP contribution in [0.25, 0.3) is 11.2 Å². The van der Waals surface area contributed by atoms with E-state index < -0.39 is 34.6 Å². The Bertz CT molecular complexity index is 1240. The molecule has 176 valence electrons. The van der Waals surface area contributed by atoms with Crippen LogP contribution < -0.4 is 0 Å². The lowest BCUT2D eigenvalue weighted by atomic mass is 10.1. The van der Waals surface area contributed by atoms with E-state index in [1.165, 1.54) is 28.7 Å². The maximum Gasteiger partial charge on any atom is 0.243 e. The van der Waals surface area contributed by atoms with E-state index in [9.17, 15) is 18.6 Å². The quantitative estimate of drug-likeness (QED) is 0.389. The summed E-state index contributed by atoms with van der Waals surface area (Å²) in [5, 5.41) is 21.0. The Morgan fingerprint density at radius 2 is 1.82 bits per heavy atom. The first kappa shape index (κ1) is 22.7. The van der Waals surface area contributed by atoms with Gasteiger partial charge in [-0.05, 0) is 37.5 Å². The molecule has 2 fully saturated rings. The average molecular weight is 492 g/mol. The molecule has 0 radical (unpaired) electrons.